The lowest BCUT2D eigenvalue weighted by molar-refractivity contribution is 1.16. The van der Waals surface area contributed by atoms with Crippen molar-refractivity contribution in [3.8, 4) is 0 Å². The first-order valence-corrected chi connectivity index (χ1v) is 5.11. The van der Waals surface area contributed by atoms with Crippen molar-refractivity contribution in [1.29, 1.82) is 0 Å². The fraction of sp³-hybridized carbons (Fsp3) is 0.167. The van der Waals surface area contributed by atoms with Crippen molar-refractivity contribution in [2.24, 2.45) is 0 Å². The van der Waals surface area contributed by atoms with Gasteiger partial charge in [-0.1, -0.05) is 12.1 Å². The topological polar surface area (TPSA) is 49.8 Å². The largest absolute Gasteiger partial charge is 0.373 e. The molecule has 0 fully saturated rings. The van der Waals surface area contributed by atoms with Gasteiger partial charge in [0.25, 0.3) is 0 Å². The Balaban J connectivity index is 2.20. The molecule has 0 atom stereocenters. The summed E-state index contributed by atoms with van der Waals surface area (Å²) in [6.07, 6.45) is 1.53. The minimum Gasteiger partial charge on any atom is -0.373 e. The van der Waals surface area contributed by atoms with Crippen LogP contribution in [0.5, 0.6) is 0 Å². The van der Waals surface area contributed by atoms with Crippen molar-refractivity contribution in [2.45, 2.75) is 6.92 Å². The number of anilines is 3. The van der Waals surface area contributed by atoms with E-state index in [-0.39, 0.29) is 0 Å². The van der Waals surface area contributed by atoms with E-state index in [0.717, 1.165) is 17.3 Å². The highest BCUT2D eigenvalue weighted by atomic mass is 15.1. The Labute approximate surface area is 94.8 Å². The molecule has 4 nitrogen and oxygen atoms in total. The van der Waals surface area contributed by atoms with Gasteiger partial charge in [0.2, 0.25) is 0 Å². The molecule has 2 rings (SSSR count). The number of rotatable bonds is 3. The van der Waals surface area contributed by atoms with Gasteiger partial charge >= 0.3 is 0 Å². The van der Waals surface area contributed by atoms with E-state index in [4.69, 9.17) is 0 Å². The van der Waals surface area contributed by atoms with E-state index < -0.39 is 0 Å². The summed E-state index contributed by atoms with van der Waals surface area (Å²) >= 11 is 0. The first-order chi connectivity index (χ1) is 7.78. The third kappa shape index (κ3) is 2.48. The van der Waals surface area contributed by atoms with E-state index in [1.165, 1.54) is 11.9 Å². The number of aromatic nitrogens is 2. The molecule has 0 bridgehead atoms. The molecule has 1 aromatic heterocycles. The van der Waals surface area contributed by atoms with E-state index in [1.807, 2.05) is 25.2 Å². The molecule has 1 heterocycles. The molecular formula is C12H14N4. The van der Waals surface area contributed by atoms with E-state index in [9.17, 15) is 0 Å². The molecule has 0 aliphatic rings. The lowest BCUT2D eigenvalue weighted by atomic mass is 10.2. The first-order valence-electron chi connectivity index (χ1n) is 5.11. The average molecular weight is 214 g/mol. The Bertz CT molecular complexity index is 482. The van der Waals surface area contributed by atoms with Crippen molar-refractivity contribution in [1.82, 2.24) is 9.97 Å². The van der Waals surface area contributed by atoms with Crippen molar-refractivity contribution >= 4 is 17.3 Å². The fourth-order valence-electron chi connectivity index (χ4n) is 1.43. The molecule has 0 amide bonds. The highest BCUT2D eigenvalue weighted by Crippen LogP contribution is 2.16. The molecule has 16 heavy (non-hydrogen) atoms. The first kappa shape index (κ1) is 10.4. The monoisotopic (exact) mass is 214 g/mol. The maximum absolute atomic E-state index is 4.15. The van der Waals surface area contributed by atoms with Gasteiger partial charge in [0, 0.05) is 18.8 Å². The van der Waals surface area contributed by atoms with Crippen molar-refractivity contribution < 1.29 is 0 Å². The predicted octanol–water partition coefficient (Wildman–Crippen LogP) is 2.57. The third-order valence-electron chi connectivity index (χ3n) is 2.21. The standard InChI is InChI=1S/C12H14N4/c1-9-4-3-5-10(6-9)16-12-7-11(13-2)14-8-15-12/h3-8H,1-2H3,(H2,13,14,15,16). The molecule has 0 saturated heterocycles. The van der Waals surface area contributed by atoms with E-state index >= 15 is 0 Å². The van der Waals surface area contributed by atoms with Gasteiger partial charge in [-0.2, -0.15) is 0 Å². The Morgan fingerprint density at radius 3 is 2.62 bits per heavy atom. The molecule has 2 N–H and O–H groups in total. The van der Waals surface area contributed by atoms with Gasteiger partial charge in [-0.3, -0.25) is 0 Å². The molecule has 2 aromatic rings. The van der Waals surface area contributed by atoms with Crippen molar-refractivity contribution in [3.63, 3.8) is 0 Å². The lowest BCUT2D eigenvalue weighted by Crippen LogP contribution is -1.97. The van der Waals surface area contributed by atoms with Crippen LogP contribution in [0, 0.1) is 6.92 Å². The number of aryl methyl sites for hydroxylation is 1. The number of nitrogens with zero attached hydrogens (tertiary/aromatic N) is 2. The van der Waals surface area contributed by atoms with Crippen LogP contribution in [0.2, 0.25) is 0 Å². The fourth-order valence-corrected chi connectivity index (χ4v) is 1.43. The van der Waals surface area contributed by atoms with Crippen LogP contribution in [0.1, 0.15) is 5.56 Å². The summed E-state index contributed by atoms with van der Waals surface area (Å²) in [6, 6.07) is 10.0. The van der Waals surface area contributed by atoms with Crippen LogP contribution < -0.4 is 10.6 Å². The molecule has 82 valence electrons. The van der Waals surface area contributed by atoms with Gasteiger partial charge < -0.3 is 10.6 Å². The van der Waals surface area contributed by atoms with Gasteiger partial charge in [-0.15, -0.1) is 0 Å². The van der Waals surface area contributed by atoms with Gasteiger partial charge in [0.15, 0.2) is 0 Å². The summed E-state index contributed by atoms with van der Waals surface area (Å²) in [7, 11) is 1.83. The highest BCUT2D eigenvalue weighted by Gasteiger charge is 1.98. The zero-order chi connectivity index (χ0) is 11.4. The normalized spacial score (nSPS) is 9.88. The average Bonchev–Trinajstić information content (AvgIpc) is 2.29. The molecule has 0 unspecified atom stereocenters. The second-order valence-electron chi connectivity index (χ2n) is 3.53. The minimum atomic E-state index is 0.782. The van der Waals surface area contributed by atoms with Crippen LogP contribution in [0.15, 0.2) is 36.7 Å². The van der Waals surface area contributed by atoms with Gasteiger partial charge in [-0.05, 0) is 24.6 Å². The van der Waals surface area contributed by atoms with E-state index in [1.54, 1.807) is 0 Å². The number of nitrogens with one attached hydrogen (secondary N) is 2. The van der Waals surface area contributed by atoms with Crippen LogP contribution in [-0.2, 0) is 0 Å². The summed E-state index contributed by atoms with van der Waals surface area (Å²) in [6.45, 7) is 2.06. The number of benzene rings is 1. The molecule has 0 aliphatic carbocycles. The second kappa shape index (κ2) is 4.61. The van der Waals surface area contributed by atoms with Crippen LogP contribution in [-0.4, -0.2) is 17.0 Å². The smallest absolute Gasteiger partial charge is 0.135 e. The molecule has 4 heteroatoms. The maximum Gasteiger partial charge on any atom is 0.135 e. The minimum absolute atomic E-state index is 0.782. The SMILES string of the molecule is CNc1cc(Nc2cccc(C)c2)ncn1. The van der Waals surface area contributed by atoms with Crippen molar-refractivity contribution in [3.05, 3.63) is 42.2 Å². The van der Waals surface area contributed by atoms with Crippen LogP contribution >= 0.6 is 0 Å². The van der Waals surface area contributed by atoms with E-state index in [0.29, 0.717) is 0 Å². The summed E-state index contributed by atoms with van der Waals surface area (Å²) in [5.74, 6) is 1.58. The second-order valence-corrected chi connectivity index (χ2v) is 3.53. The summed E-state index contributed by atoms with van der Waals surface area (Å²) in [5.41, 5.74) is 2.24. The molecular weight excluding hydrogens is 200 g/mol. The Hall–Kier alpha value is -2.10. The highest BCUT2D eigenvalue weighted by molar-refractivity contribution is 5.59. The Morgan fingerprint density at radius 1 is 1.06 bits per heavy atom. The number of hydrogen-bond donors (Lipinski definition) is 2. The summed E-state index contributed by atoms with van der Waals surface area (Å²) < 4.78 is 0. The molecule has 0 aliphatic heterocycles. The van der Waals surface area contributed by atoms with Crippen LogP contribution in [0.3, 0.4) is 0 Å². The Kier molecular flexibility index (Phi) is 3.00. The Morgan fingerprint density at radius 2 is 1.88 bits per heavy atom. The molecule has 0 spiro atoms. The maximum atomic E-state index is 4.15. The number of hydrogen-bond acceptors (Lipinski definition) is 4. The summed E-state index contributed by atoms with van der Waals surface area (Å²) in [4.78, 5) is 8.20. The predicted molar refractivity (Wildman–Crippen MR) is 66.0 cm³/mol. The zero-order valence-electron chi connectivity index (χ0n) is 9.36. The van der Waals surface area contributed by atoms with Gasteiger partial charge in [0.1, 0.15) is 18.0 Å². The molecule has 1 aromatic carbocycles. The zero-order valence-corrected chi connectivity index (χ0v) is 9.36. The lowest BCUT2D eigenvalue weighted by Gasteiger charge is -2.07. The van der Waals surface area contributed by atoms with Crippen LogP contribution in [0.25, 0.3) is 0 Å². The molecule has 0 saturated carbocycles. The summed E-state index contributed by atoms with van der Waals surface area (Å²) in [5, 5.41) is 6.20. The van der Waals surface area contributed by atoms with Gasteiger partial charge in [-0.25, -0.2) is 9.97 Å². The quantitative estimate of drug-likeness (QED) is 0.824. The van der Waals surface area contributed by atoms with Crippen LogP contribution in [0.4, 0.5) is 17.3 Å². The van der Waals surface area contributed by atoms with Gasteiger partial charge in [0.05, 0.1) is 0 Å². The molecule has 0 radical (unpaired) electrons. The van der Waals surface area contributed by atoms with E-state index in [2.05, 4.69) is 39.7 Å². The van der Waals surface area contributed by atoms with Crippen molar-refractivity contribution in [2.75, 3.05) is 17.7 Å². The third-order valence-corrected chi connectivity index (χ3v) is 2.21.